The van der Waals surface area contributed by atoms with E-state index in [1.807, 2.05) is 0 Å². The first-order valence-corrected chi connectivity index (χ1v) is 13.2. The van der Waals surface area contributed by atoms with Gasteiger partial charge in [-0.3, -0.25) is 9.10 Å². The molecule has 2 aromatic carbocycles. The quantitative estimate of drug-likeness (QED) is 0.419. The molecule has 204 valence electrons. The topological polar surface area (TPSA) is 90.7 Å². The Labute approximate surface area is 219 Å². The zero-order valence-electron chi connectivity index (χ0n) is 21.3. The van der Waals surface area contributed by atoms with E-state index >= 15 is 0 Å². The number of aromatic nitrogens is 2. The van der Waals surface area contributed by atoms with Gasteiger partial charge in [0.15, 0.2) is 0 Å². The van der Waals surface area contributed by atoms with E-state index in [1.54, 1.807) is 56.9 Å². The van der Waals surface area contributed by atoms with Crippen LogP contribution in [0.5, 0.6) is 5.75 Å². The highest BCUT2D eigenvalue weighted by Crippen LogP contribution is 2.39. The van der Waals surface area contributed by atoms with Crippen LogP contribution in [0.2, 0.25) is 0 Å². The number of alkyl halides is 3. The molecule has 0 N–H and O–H groups in total. The van der Waals surface area contributed by atoms with Crippen molar-refractivity contribution in [3.05, 3.63) is 71.8 Å². The van der Waals surface area contributed by atoms with Gasteiger partial charge in [0.05, 0.1) is 29.1 Å². The van der Waals surface area contributed by atoms with Gasteiger partial charge >= 0.3 is 12.1 Å². The molecule has 0 radical (unpaired) electrons. The van der Waals surface area contributed by atoms with Crippen molar-refractivity contribution in [2.75, 3.05) is 10.8 Å². The van der Waals surface area contributed by atoms with Gasteiger partial charge in [-0.1, -0.05) is 12.1 Å². The minimum Gasteiger partial charge on any atom is -0.486 e. The molecule has 0 saturated heterocycles. The van der Waals surface area contributed by atoms with Crippen molar-refractivity contribution in [2.24, 2.45) is 7.05 Å². The van der Waals surface area contributed by atoms with Crippen molar-refractivity contribution in [2.45, 2.75) is 56.4 Å². The van der Waals surface area contributed by atoms with E-state index in [9.17, 15) is 26.4 Å². The van der Waals surface area contributed by atoms with Gasteiger partial charge in [0, 0.05) is 25.9 Å². The molecule has 0 spiro atoms. The molecule has 38 heavy (non-hydrogen) atoms. The zero-order chi connectivity index (χ0) is 27.9. The van der Waals surface area contributed by atoms with E-state index in [0.29, 0.717) is 17.5 Å². The Balaban J connectivity index is 1.74. The highest BCUT2D eigenvalue weighted by atomic mass is 32.2. The number of ether oxygens (including phenoxy) is 2. The molecule has 3 aromatic rings. The second-order valence-electron chi connectivity index (χ2n) is 10.0. The molecule has 2 heterocycles. The molecule has 1 aromatic heterocycles. The summed E-state index contributed by atoms with van der Waals surface area (Å²) in [6.45, 7) is 5.03. The van der Waals surface area contributed by atoms with Crippen molar-refractivity contribution < 1.29 is 35.9 Å². The van der Waals surface area contributed by atoms with E-state index in [1.165, 1.54) is 6.07 Å². The van der Waals surface area contributed by atoms with Crippen LogP contribution in [-0.2, 0) is 45.6 Å². The number of rotatable bonds is 6. The Morgan fingerprint density at radius 3 is 2.53 bits per heavy atom. The molecule has 1 atom stereocenters. The van der Waals surface area contributed by atoms with Gasteiger partial charge in [0.2, 0.25) is 0 Å². The SMILES string of the molecule is Cn1ccnc1CC1CN(S(=O)(=O)c2cccc(C(F)(F)F)c2)c2cc(CC(=O)OC(C)(C)C)ccc2O1. The highest BCUT2D eigenvalue weighted by molar-refractivity contribution is 7.92. The molecular formula is C26H28F3N3O5S. The fraction of sp³-hybridized carbons (Fsp3) is 0.385. The van der Waals surface area contributed by atoms with Crippen molar-refractivity contribution in [3.8, 4) is 5.75 Å². The molecule has 12 heteroatoms. The van der Waals surface area contributed by atoms with Crippen LogP contribution in [0.15, 0.2) is 59.8 Å². The van der Waals surface area contributed by atoms with Gasteiger partial charge in [-0.05, 0) is 56.7 Å². The van der Waals surface area contributed by atoms with Crippen LogP contribution in [0.3, 0.4) is 0 Å². The summed E-state index contributed by atoms with van der Waals surface area (Å²) >= 11 is 0. The Hall–Kier alpha value is -3.54. The molecule has 0 saturated carbocycles. The summed E-state index contributed by atoms with van der Waals surface area (Å²) in [4.78, 5) is 16.1. The van der Waals surface area contributed by atoms with Crippen LogP contribution >= 0.6 is 0 Å². The predicted molar refractivity (Wildman–Crippen MR) is 133 cm³/mol. The molecule has 4 rings (SSSR count). The summed E-state index contributed by atoms with van der Waals surface area (Å²) in [7, 11) is -2.65. The molecule has 8 nitrogen and oxygen atoms in total. The lowest BCUT2D eigenvalue weighted by atomic mass is 10.1. The number of fused-ring (bicyclic) bond motifs is 1. The van der Waals surface area contributed by atoms with Gasteiger partial charge in [-0.2, -0.15) is 13.2 Å². The number of esters is 1. The Bertz CT molecular complexity index is 1440. The van der Waals surface area contributed by atoms with E-state index < -0.39 is 44.3 Å². The number of carbonyl (C=O) groups is 1. The van der Waals surface area contributed by atoms with E-state index in [-0.39, 0.29) is 30.8 Å². The first-order chi connectivity index (χ1) is 17.6. The number of benzene rings is 2. The third kappa shape index (κ3) is 6.12. The van der Waals surface area contributed by atoms with E-state index in [2.05, 4.69) is 4.98 Å². The fourth-order valence-electron chi connectivity index (χ4n) is 4.10. The lowest BCUT2D eigenvalue weighted by molar-refractivity contribution is -0.153. The number of anilines is 1. The second kappa shape index (κ2) is 9.97. The summed E-state index contributed by atoms with van der Waals surface area (Å²) in [5.41, 5.74) is -1.19. The van der Waals surface area contributed by atoms with Crippen molar-refractivity contribution >= 4 is 21.7 Å². The van der Waals surface area contributed by atoms with Crippen molar-refractivity contribution in [3.63, 3.8) is 0 Å². The Morgan fingerprint density at radius 1 is 1.16 bits per heavy atom. The van der Waals surface area contributed by atoms with E-state index in [0.717, 1.165) is 22.5 Å². The number of aryl methyl sites for hydroxylation is 1. The van der Waals surface area contributed by atoms with Gasteiger partial charge < -0.3 is 14.0 Å². The maximum absolute atomic E-state index is 13.8. The normalized spacial score (nSPS) is 16.1. The molecule has 1 unspecified atom stereocenters. The second-order valence-corrected chi connectivity index (χ2v) is 11.9. The number of hydrogen-bond acceptors (Lipinski definition) is 6. The summed E-state index contributed by atoms with van der Waals surface area (Å²) < 4.78 is 81.8. The zero-order valence-corrected chi connectivity index (χ0v) is 22.1. The minimum absolute atomic E-state index is 0.125. The van der Waals surface area contributed by atoms with Gasteiger partial charge in [-0.25, -0.2) is 13.4 Å². The summed E-state index contributed by atoms with van der Waals surface area (Å²) in [5, 5.41) is 0. The summed E-state index contributed by atoms with van der Waals surface area (Å²) in [6.07, 6.45) is -1.90. The first kappa shape index (κ1) is 27.5. The molecule has 1 aliphatic rings. The van der Waals surface area contributed by atoms with Crippen LogP contribution in [0.4, 0.5) is 18.9 Å². The average molecular weight is 552 g/mol. The van der Waals surface area contributed by atoms with Crippen LogP contribution in [-0.4, -0.2) is 42.2 Å². The maximum atomic E-state index is 13.8. The molecule has 1 aliphatic heterocycles. The van der Waals surface area contributed by atoms with Gasteiger partial charge in [0.1, 0.15) is 23.3 Å². The fourth-order valence-corrected chi connectivity index (χ4v) is 5.65. The highest BCUT2D eigenvalue weighted by Gasteiger charge is 2.37. The molecule has 0 amide bonds. The van der Waals surface area contributed by atoms with Gasteiger partial charge in [-0.15, -0.1) is 0 Å². The number of imidazole rings is 1. The molecule has 0 fully saturated rings. The molecule has 0 bridgehead atoms. The standard InChI is InChI=1S/C26H28F3N3O5S/c1-25(2,3)37-24(33)13-17-8-9-22-21(12-17)32(16-19(36-22)15-23-30-10-11-31(23)4)38(34,35)20-7-5-6-18(14-20)26(27,28)29/h5-12,14,19H,13,15-16H2,1-4H3. The monoisotopic (exact) mass is 551 g/mol. The number of sulfonamides is 1. The lowest BCUT2D eigenvalue weighted by Crippen LogP contribution is -2.44. The van der Waals surface area contributed by atoms with Crippen LogP contribution in [0.1, 0.15) is 37.7 Å². The van der Waals surface area contributed by atoms with Gasteiger partial charge in [0.25, 0.3) is 10.0 Å². The van der Waals surface area contributed by atoms with Crippen LogP contribution < -0.4 is 9.04 Å². The number of hydrogen-bond donors (Lipinski definition) is 0. The summed E-state index contributed by atoms with van der Waals surface area (Å²) in [6, 6.07) is 8.27. The number of halogens is 3. The minimum atomic E-state index is -4.71. The van der Waals surface area contributed by atoms with Crippen LogP contribution in [0.25, 0.3) is 0 Å². The molecule has 0 aliphatic carbocycles. The molecular weight excluding hydrogens is 523 g/mol. The maximum Gasteiger partial charge on any atom is 0.416 e. The Kier molecular flexibility index (Phi) is 7.21. The average Bonchev–Trinajstić information content (AvgIpc) is 3.21. The Morgan fingerprint density at radius 2 is 1.89 bits per heavy atom. The number of carbonyl (C=O) groups excluding carboxylic acids is 1. The smallest absolute Gasteiger partial charge is 0.416 e. The summed E-state index contributed by atoms with van der Waals surface area (Å²) in [5.74, 6) is 0.365. The third-order valence-corrected chi connectivity index (χ3v) is 7.58. The van der Waals surface area contributed by atoms with E-state index in [4.69, 9.17) is 9.47 Å². The van der Waals surface area contributed by atoms with Crippen molar-refractivity contribution in [1.82, 2.24) is 9.55 Å². The van der Waals surface area contributed by atoms with Crippen LogP contribution in [0, 0.1) is 0 Å². The number of nitrogens with zero attached hydrogens (tertiary/aromatic N) is 3. The van der Waals surface area contributed by atoms with Crippen molar-refractivity contribution in [1.29, 1.82) is 0 Å². The first-order valence-electron chi connectivity index (χ1n) is 11.8. The third-order valence-electron chi connectivity index (χ3n) is 5.80. The lowest BCUT2D eigenvalue weighted by Gasteiger charge is -2.36. The predicted octanol–water partition coefficient (Wildman–Crippen LogP) is 4.52. The largest absolute Gasteiger partial charge is 0.486 e.